The summed E-state index contributed by atoms with van der Waals surface area (Å²) in [5.74, 6) is 1.32. The highest BCUT2D eigenvalue weighted by Gasteiger charge is 2.06. The van der Waals surface area contributed by atoms with Gasteiger partial charge in [-0.25, -0.2) is 9.97 Å². The topological polar surface area (TPSA) is 58.8 Å². The molecule has 0 aliphatic carbocycles. The number of aromatic nitrogens is 2. The van der Waals surface area contributed by atoms with Crippen molar-refractivity contribution in [2.75, 3.05) is 6.61 Å². The Labute approximate surface area is 123 Å². The van der Waals surface area contributed by atoms with E-state index in [2.05, 4.69) is 16.9 Å². The third-order valence-electron chi connectivity index (χ3n) is 2.74. The van der Waals surface area contributed by atoms with Crippen molar-refractivity contribution in [3.05, 3.63) is 41.2 Å². The first kappa shape index (κ1) is 14.3. The van der Waals surface area contributed by atoms with Crippen molar-refractivity contribution in [3.8, 4) is 23.2 Å². The third kappa shape index (κ3) is 3.46. The van der Waals surface area contributed by atoms with E-state index in [0.29, 0.717) is 5.82 Å². The zero-order chi connectivity index (χ0) is 14.4. The summed E-state index contributed by atoms with van der Waals surface area (Å²) in [5, 5.41) is 8.96. The molecule has 20 heavy (non-hydrogen) atoms. The van der Waals surface area contributed by atoms with Crippen molar-refractivity contribution in [2.45, 2.75) is 19.8 Å². The Balaban J connectivity index is 2.14. The van der Waals surface area contributed by atoms with Crippen LogP contribution in [0.15, 0.2) is 30.5 Å². The third-order valence-corrected chi connectivity index (χ3v) is 3.03. The summed E-state index contributed by atoms with van der Waals surface area (Å²) >= 11 is 5.90. The van der Waals surface area contributed by atoms with Crippen LogP contribution in [0.5, 0.6) is 5.75 Å². The highest BCUT2D eigenvalue weighted by molar-refractivity contribution is 6.30. The molecule has 102 valence electrons. The maximum atomic E-state index is 8.79. The van der Waals surface area contributed by atoms with E-state index in [1.54, 1.807) is 0 Å². The molecule has 0 saturated carbocycles. The van der Waals surface area contributed by atoms with Crippen molar-refractivity contribution in [2.24, 2.45) is 0 Å². The first-order valence-electron chi connectivity index (χ1n) is 6.40. The predicted molar refractivity (Wildman–Crippen MR) is 77.6 cm³/mol. The molecule has 0 amide bonds. The Morgan fingerprint density at radius 3 is 2.65 bits per heavy atom. The molecule has 0 unspecified atom stereocenters. The van der Waals surface area contributed by atoms with Crippen LogP contribution >= 0.6 is 11.6 Å². The molecule has 0 atom stereocenters. The van der Waals surface area contributed by atoms with Crippen molar-refractivity contribution < 1.29 is 4.74 Å². The molecular formula is C15H14ClN3O. The number of ether oxygens (including phenoxy) is 1. The van der Waals surface area contributed by atoms with Gasteiger partial charge in [-0.3, -0.25) is 0 Å². The number of rotatable bonds is 5. The zero-order valence-electron chi connectivity index (χ0n) is 11.1. The molecule has 2 aromatic rings. The summed E-state index contributed by atoms with van der Waals surface area (Å²) < 4.78 is 5.59. The maximum Gasteiger partial charge on any atom is 0.160 e. The minimum atomic E-state index is 0.167. The summed E-state index contributed by atoms with van der Waals surface area (Å²) in [4.78, 5) is 8.24. The molecule has 5 heteroatoms. The first-order valence-corrected chi connectivity index (χ1v) is 6.78. The molecule has 0 radical (unpaired) electrons. The highest BCUT2D eigenvalue weighted by Crippen LogP contribution is 2.21. The van der Waals surface area contributed by atoms with Crippen LogP contribution in [-0.2, 0) is 0 Å². The fourth-order valence-corrected chi connectivity index (χ4v) is 1.78. The quantitative estimate of drug-likeness (QED) is 0.619. The second-order valence-electron chi connectivity index (χ2n) is 4.24. The van der Waals surface area contributed by atoms with Crippen molar-refractivity contribution in [1.29, 1.82) is 5.26 Å². The number of hydrogen-bond donors (Lipinski definition) is 0. The van der Waals surface area contributed by atoms with Crippen LogP contribution in [0.1, 0.15) is 25.3 Å². The van der Waals surface area contributed by atoms with Crippen LogP contribution < -0.4 is 4.74 Å². The Bertz CT molecular complexity index is 620. The molecule has 1 heterocycles. The summed E-state index contributed by atoms with van der Waals surface area (Å²) in [6, 6.07) is 9.43. The van der Waals surface area contributed by atoms with Gasteiger partial charge in [0.2, 0.25) is 0 Å². The fourth-order valence-electron chi connectivity index (χ4n) is 1.61. The van der Waals surface area contributed by atoms with Gasteiger partial charge in [-0.1, -0.05) is 24.9 Å². The Kier molecular flexibility index (Phi) is 4.91. The van der Waals surface area contributed by atoms with Gasteiger partial charge in [0.05, 0.1) is 12.8 Å². The van der Waals surface area contributed by atoms with Crippen molar-refractivity contribution in [3.63, 3.8) is 0 Å². The number of benzene rings is 1. The van der Waals surface area contributed by atoms with E-state index >= 15 is 0 Å². The van der Waals surface area contributed by atoms with E-state index in [4.69, 9.17) is 21.6 Å². The molecule has 0 N–H and O–H groups in total. The van der Waals surface area contributed by atoms with Gasteiger partial charge in [0.25, 0.3) is 0 Å². The van der Waals surface area contributed by atoms with Crippen molar-refractivity contribution >= 4 is 11.6 Å². The lowest BCUT2D eigenvalue weighted by Crippen LogP contribution is -1.96. The van der Waals surface area contributed by atoms with Crippen LogP contribution in [0.4, 0.5) is 0 Å². The van der Waals surface area contributed by atoms with E-state index in [-0.39, 0.29) is 10.7 Å². The lowest BCUT2D eigenvalue weighted by molar-refractivity contribution is 0.309. The molecule has 2 rings (SSSR count). The Morgan fingerprint density at radius 1 is 1.30 bits per heavy atom. The minimum Gasteiger partial charge on any atom is -0.494 e. The van der Waals surface area contributed by atoms with Gasteiger partial charge in [0.1, 0.15) is 17.4 Å². The Morgan fingerprint density at radius 2 is 2.05 bits per heavy atom. The Hall–Kier alpha value is -2.12. The van der Waals surface area contributed by atoms with Gasteiger partial charge in [0, 0.05) is 5.56 Å². The molecule has 1 aromatic heterocycles. The standard InChI is InChI=1S/C15H14ClN3O/c1-2-3-8-20-13-6-4-11(5-7-13)15-18-10-12(9-17)14(16)19-15/h4-7,10H,2-3,8H2,1H3. The first-order chi connectivity index (χ1) is 9.74. The smallest absolute Gasteiger partial charge is 0.160 e. The predicted octanol–water partition coefficient (Wildman–Crippen LogP) is 3.85. The normalized spacial score (nSPS) is 10.1. The molecule has 0 aliphatic rings. The summed E-state index contributed by atoms with van der Waals surface area (Å²) in [6.07, 6.45) is 3.57. The van der Waals surface area contributed by atoms with E-state index in [1.165, 1.54) is 6.20 Å². The van der Waals surface area contributed by atoms with Gasteiger partial charge in [-0.15, -0.1) is 0 Å². The molecular weight excluding hydrogens is 274 g/mol. The summed E-state index contributed by atoms with van der Waals surface area (Å²) in [5.41, 5.74) is 1.11. The SMILES string of the molecule is CCCCOc1ccc(-c2ncc(C#N)c(Cl)n2)cc1. The lowest BCUT2D eigenvalue weighted by Gasteiger charge is -2.06. The second kappa shape index (κ2) is 6.88. The number of unbranched alkanes of at least 4 members (excludes halogenated alkanes) is 1. The van der Waals surface area contributed by atoms with Crippen molar-refractivity contribution in [1.82, 2.24) is 9.97 Å². The number of halogens is 1. The van der Waals surface area contributed by atoms with E-state index < -0.39 is 0 Å². The molecule has 0 bridgehead atoms. The van der Waals surface area contributed by atoms with E-state index in [9.17, 15) is 0 Å². The molecule has 1 aromatic carbocycles. The molecule has 4 nitrogen and oxygen atoms in total. The number of nitriles is 1. The van der Waals surface area contributed by atoms with Gasteiger partial charge in [0.15, 0.2) is 11.0 Å². The lowest BCUT2D eigenvalue weighted by atomic mass is 10.2. The molecule has 0 aliphatic heterocycles. The average Bonchev–Trinajstić information content (AvgIpc) is 2.48. The average molecular weight is 288 g/mol. The monoisotopic (exact) mass is 287 g/mol. The van der Waals surface area contributed by atoms with Crippen LogP contribution in [0.3, 0.4) is 0 Å². The van der Waals surface area contributed by atoms with Crippen LogP contribution in [0, 0.1) is 11.3 Å². The fraction of sp³-hybridized carbons (Fsp3) is 0.267. The largest absolute Gasteiger partial charge is 0.494 e. The van der Waals surface area contributed by atoms with Crippen LogP contribution in [-0.4, -0.2) is 16.6 Å². The summed E-state index contributed by atoms with van der Waals surface area (Å²) in [7, 11) is 0. The molecule has 0 saturated heterocycles. The van der Waals surface area contributed by atoms with E-state index in [0.717, 1.165) is 30.8 Å². The maximum absolute atomic E-state index is 8.79. The van der Waals surface area contributed by atoms with E-state index in [1.807, 2.05) is 30.3 Å². The van der Waals surface area contributed by atoms with Crippen LogP contribution in [0.25, 0.3) is 11.4 Å². The zero-order valence-corrected chi connectivity index (χ0v) is 11.9. The summed E-state index contributed by atoms with van der Waals surface area (Å²) in [6.45, 7) is 2.84. The van der Waals surface area contributed by atoms with Gasteiger partial charge < -0.3 is 4.74 Å². The van der Waals surface area contributed by atoms with Crippen LogP contribution in [0.2, 0.25) is 5.15 Å². The van der Waals surface area contributed by atoms with Gasteiger partial charge in [-0.05, 0) is 30.7 Å². The highest BCUT2D eigenvalue weighted by atomic mass is 35.5. The second-order valence-corrected chi connectivity index (χ2v) is 4.59. The number of hydrogen-bond acceptors (Lipinski definition) is 4. The molecule has 0 fully saturated rings. The minimum absolute atomic E-state index is 0.167. The van der Waals surface area contributed by atoms with Gasteiger partial charge in [-0.2, -0.15) is 5.26 Å². The number of nitrogens with zero attached hydrogens (tertiary/aromatic N) is 3. The van der Waals surface area contributed by atoms with Gasteiger partial charge >= 0.3 is 0 Å². The molecule has 0 spiro atoms.